The number of nitrogens with zero attached hydrogens (tertiary/aromatic N) is 2. The predicted molar refractivity (Wildman–Crippen MR) is 107 cm³/mol. The van der Waals surface area contributed by atoms with Gasteiger partial charge in [0.25, 0.3) is 11.8 Å². The van der Waals surface area contributed by atoms with Crippen LogP contribution in [0.1, 0.15) is 54.3 Å². The molecular formula is C22H24N2O8. The molecule has 4 rings (SSSR count). The van der Waals surface area contributed by atoms with Crippen LogP contribution < -0.4 is 0 Å². The van der Waals surface area contributed by atoms with Crippen molar-refractivity contribution in [3.63, 3.8) is 0 Å². The van der Waals surface area contributed by atoms with Crippen LogP contribution in [0.25, 0.3) is 0 Å². The summed E-state index contributed by atoms with van der Waals surface area (Å²) in [7, 11) is 1.19. The lowest BCUT2D eigenvalue weighted by molar-refractivity contribution is -0.179. The summed E-state index contributed by atoms with van der Waals surface area (Å²) in [5, 5.41) is 0.408. The van der Waals surface area contributed by atoms with E-state index in [1.54, 1.807) is 32.9 Å². The zero-order valence-corrected chi connectivity index (χ0v) is 18.2. The fourth-order valence-electron chi connectivity index (χ4n) is 4.78. The van der Waals surface area contributed by atoms with Crippen LogP contribution in [0.3, 0.4) is 0 Å². The number of ether oxygens (including phenoxy) is 2. The molecule has 32 heavy (non-hydrogen) atoms. The second-order valence-electron chi connectivity index (χ2n) is 9.03. The Kier molecular flexibility index (Phi) is 5.18. The molecule has 10 nitrogen and oxygen atoms in total. The van der Waals surface area contributed by atoms with Gasteiger partial charge >= 0.3 is 18.0 Å². The summed E-state index contributed by atoms with van der Waals surface area (Å²) in [5.74, 6) is -5.24. The van der Waals surface area contributed by atoms with Crippen LogP contribution >= 0.6 is 0 Å². The van der Waals surface area contributed by atoms with Gasteiger partial charge in [0, 0.05) is 12.1 Å². The second-order valence-corrected chi connectivity index (χ2v) is 9.03. The minimum absolute atomic E-state index is 0.123. The first-order valence-electron chi connectivity index (χ1n) is 10.3. The van der Waals surface area contributed by atoms with Gasteiger partial charge in [-0.2, -0.15) is 0 Å². The Morgan fingerprint density at radius 2 is 1.41 bits per heavy atom. The molecular weight excluding hydrogens is 420 g/mol. The third kappa shape index (κ3) is 3.39. The molecule has 4 atom stereocenters. The van der Waals surface area contributed by atoms with Crippen LogP contribution in [0.15, 0.2) is 24.3 Å². The summed E-state index contributed by atoms with van der Waals surface area (Å²) < 4.78 is 10.4. The average molecular weight is 444 g/mol. The molecule has 2 saturated heterocycles. The van der Waals surface area contributed by atoms with E-state index in [2.05, 4.69) is 0 Å². The lowest BCUT2D eigenvalue weighted by Gasteiger charge is -2.28. The summed E-state index contributed by atoms with van der Waals surface area (Å²) >= 11 is 0. The highest BCUT2D eigenvalue weighted by atomic mass is 16.7. The number of hydrogen-bond donors (Lipinski definition) is 0. The fraction of sp³-hybridized carbons (Fsp3) is 0.500. The van der Waals surface area contributed by atoms with Crippen molar-refractivity contribution in [1.82, 2.24) is 9.96 Å². The number of hydrogen-bond acceptors (Lipinski definition) is 8. The lowest BCUT2D eigenvalue weighted by atomic mass is 9.79. The van der Waals surface area contributed by atoms with Gasteiger partial charge < -0.3 is 19.2 Å². The molecule has 0 aromatic heterocycles. The minimum Gasteiger partial charge on any atom is -0.469 e. The third-order valence-electron chi connectivity index (χ3n) is 5.98. The molecule has 2 bridgehead atoms. The Morgan fingerprint density at radius 3 is 1.88 bits per heavy atom. The molecule has 0 spiro atoms. The fourth-order valence-corrected chi connectivity index (χ4v) is 4.78. The maximum Gasteiger partial charge on any atom is 0.410 e. The van der Waals surface area contributed by atoms with Crippen LogP contribution in [0, 0.1) is 11.8 Å². The number of rotatable bonds is 3. The smallest absolute Gasteiger partial charge is 0.410 e. The van der Waals surface area contributed by atoms with E-state index in [1.165, 1.54) is 24.1 Å². The highest BCUT2D eigenvalue weighted by molar-refractivity contribution is 6.20. The van der Waals surface area contributed by atoms with E-state index >= 15 is 0 Å². The molecule has 170 valence electrons. The van der Waals surface area contributed by atoms with E-state index in [-0.39, 0.29) is 11.1 Å². The Balaban J connectivity index is 1.59. The minimum atomic E-state index is -1.10. The number of imide groups is 1. The van der Waals surface area contributed by atoms with Crippen LogP contribution in [0.4, 0.5) is 4.79 Å². The average Bonchev–Trinajstić information content (AvgIpc) is 3.37. The standard InChI is InChI=1S/C22H24N2O8/c1-22(2,3)31-21(29)23-13-9-10-14(23)16(15(13)19(27)30-4)20(28)32-24-17(25)11-7-5-6-8-12(11)18(24)26/h5-8,13-16H,9-10H2,1-4H3/t13-,14-,15+,16-/m1/s1. The first kappa shape index (κ1) is 21.8. The number of methoxy groups -OCH3 is 1. The molecule has 10 heteroatoms. The monoisotopic (exact) mass is 444 g/mol. The Bertz CT molecular complexity index is 978. The van der Waals surface area contributed by atoms with Crippen LogP contribution in [-0.4, -0.2) is 64.6 Å². The van der Waals surface area contributed by atoms with Crippen molar-refractivity contribution in [3.05, 3.63) is 35.4 Å². The number of hydroxylamine groups is 2. The van der Waals surface area contributed by atoms with Crippen molar-refractivity contribution < 1.29 is 38.3 Å². The van der Waals surface area contributed by atoms with Crippen molar-refractivity contribution >= 4 is 29.8 Å². The molecule has 0 radical (unpaired) electrons. The zero-order chi connectivity index (χ0) is 23.4. The summed E-state index contributed by atoms with van der Waals surface area (Å²) in [6.07, 6.45) is 0.287. The van der Waals surface area contributed by atoms with Gasteiger partial charge in [0.1, 0.15) is 5.60 Å². The maximum absolute atomic E-state index is 13.2. The van der Waals surface area contributed by atoms with E-state index < -0.39 is 59.4 Å². The molecule has 0 saturated carbocycles. The number of benzene rings is 1. The Labute approximate surface area is 184 Å². The number of carbonyl (C=O) groups excluding carboxylic acids is 5. The topological polar surface area (TPSA) is 120 Å². The molecule has 2 fully saturated rings. The van der Waals surface area contributed by atoms with Crippen LogP contribution in [-0.2, 0) is 23.9 Å². The largest absolute Gasteiger partial charge is 0.469 e. The number of esters is 1. The molecule has 0 aliphatic carbocycles. The Hall–Kier alpha value is -3.43. The first-order valence-corrected chi connectivity index (χ1v) is 10.3. The molecule has 1 aromatic rings. The molecule has 1 aromatic carbocycles. The van der Waals surface area contributed by atoms with Gasteiger partial charge in [0.2, 0.25) is 0 Å². The second kappa shape index (κ2) is 7.61. The lowest BCUT2D eigenvalue weighted by Crippen LogP contribution is -2.43. The molecule has 3 heterocycles. The number of amides is 3. The van der Waals surface area contributed by atoms with Gasteiger partial charge in [0.05, 0.1) is 30.1 Å². The van der Waals surface area contributed by atoms with Crippen molar-refractivity contribution in [2.24, 2.45) is 11.8 Å². The maximum atomic E-state index is 13.2. The van der Waals surface area contributed by atoms with Gasteiger partial charge in [-0.1, -0.05) is 17.2 Å². The molecule has 0 N–H and O–H groups in total. The zero-order valence-electron chi connectivity index (χ0n) is 18.2. The van der Waals surface area contributed by atoms with Gasteiger partial charge in [0.15, 0.2) is 0 Å². The molecule has 3 aliphatic heterocycles. The van der Waals surface area contributed by atoms with Gasteiger partial charge in [-0.25, -0.2) is 9.59 Å². The van der Waals surface area contributed by atoms with Gasteiger partial charge in [-0.05, 0) is 45.7 Å². The van der Waals surface area contributed by atoms with E-state index in [0.717, 1.165) is 0 Å². The number of carbonyl (C=O) groups is 5. The number of fused-ring (bicyclic) bond motifs is 3. The van der Waals surface area contributed by atoms with Gasteiger partial charge in [-0.15, -0.1) is 0 Å². The highest BCUT2D eigenvalue weighted by Crippen LogP contribution is 2.47. The van der Waals surface area contributed by atoms with E-state index in [1.807, 2.05) is 0 Å². The summed E-state index contributed by atoms with van der Waals surface area (Å²) in [4.78, 5) is 70.3. The van der Waals surface area contributed by atoms with E-state index in [0.29, 0.717) is 17.9 Å². The van der Waals surface area contributed by atoms with Crippen LogP contribution in [0.2, 0.25) is 0 Å². The molecule has 0 unspecified atom stereocenters. The predicted octanol–water partition coefficient (Wildman–Crippen LogP) is 1.93. The quantitative estimate of drug-likeness (QED) is 0.512. The van der Waals surface area contributed by atoms with E-state index in [4.69, 9.17) is 14.3 Å². The van der Waals surface area contributed by atoms with Crippen molar-refractivity contribution in [3.8, 4) is 0 Å². The van der Waals surface area contributed by atoms with Crippen molar-refractivity contribution in [1.29, 1.82) is 0 Å². The van der Waals surface area contributed by atoms with Gasteiger partial charge in [-0.3, -0.25) is 14.4 Å². The van der Waals surface area contributed by atoms with Crippen molar-refractivity contribution in [2.45, 2.75) is 51.3 Å². The Morgan fingerprint density at radius 1 is 0.906 bits per heavy atom. The summed E-state index contributed by atoms with van der Waals surface area (Å²) in [6.45, 7) is 5.15. The third-order valence-corrected chi connectivity index (χ3v) is 5.98. The summed E-state index contributed by atoms with van der Waals surface area (Å²) in [5.41, 5.74) is -0.521. The molecule has 3 amide bonds. The first-order chi connectivity index (χ1) is 15.0. The summed E-state index contributed by atoms with van der Waals surface area (Å²) in [6, 6.07) is 4.82. The van der Waals surface area contributed by atoms with Crippen molar-refractivity contribution in [2.75, 3.05) is 7.11 Å². The highest BCUT2D eigenvalue weighted by Gasteiger charge is 2.62. The normalized spacial score (nSPS) is 26.2. The molecule has 3 aliphatic rings. The van der Waals surface area contributed by atoms with Crippen LogP contribution in [0.5, 0.6) is 0 Å². The van der Waals surface area contributed by atoms with E-state index in [9.17, 15) is 24.0 Å². The SMILES string of the molecule is COC(=O)[C@@H]1[C@H](C(=O)ON2C(=O)c3ccccc3C2=O)[C@H]2CC[C@H]1N2C(=O)OC(C)(C)C.